The van der Waals surface area contributed by atoms with E-state index >= 15 is 0 Å². The Labute approximate surface area is 244 Å². The molecule has 1 aromatic heterocycles. The van der Waals surface area contributed by atoms with Crippen molar-refractivity contribution in [1.29, 1.82) is 0 Å². The highest BCUT2D eigenvalue weighted by Gasteiger charge is 2.28. The van der Waals surface area contributed by atoms with Crippen molar-refractivity contribution in [3.63, 3.8) is 0 Å². The van der Waals surface area contributed by atoms with Crippen LogP contribution in [0.15, 0.2) is 113 Å². The molecule has 9 nitrogen and oxygen atoms in total. The highest BCUT2D eigenvalue weighted by Crippen LogP contribution is 2.30. The third kappa shape index (κ3) is 6.87. The summed E-state index contributed by atoms with van der Waals surface area (Å²) < 4.78 is 58.1. The molecule has 42 heavy (non-hydrogen) atoms. The summed E-state index contributed by atoms with van der Waals surface area (Å²) in [4.78, 5) is 10.6. The van der Waals surface area contributed by atoms with E-state index in [-0.39, 0.29) is 28.6 Å². The number of hydrogen-bond acceptors (Lipinski definition) is 7. The number of nitro benzene ring substituents is 1. The SMILES string of the molecule is O=[N+]([O-])c1ccc(-n2c(SCc3ccc(F)cc3)nnc2C(Cc2ccccc2)NS(=O)(=O)c2ccc(F)cc2)cc1. The number of sulfonamides is 1. The van der Waals surface area contributed by atoms with Crippen molar-refractivity contribution in [2.24, 2.45) is 0 Å². The molecule has 214 valence electrons. The summed E-state index contributed by atoms with van der Waals surface area (Å²) >= 11 is 1.29. The zero-order chi connectivity index (χ0) is 29.7. The second-order valence-corrected chi connectivity index (χ2v) is 11.8. The van der Waals surface area contributed by atoms with Gasteiger partial charge in [0.2, 0.25) is 10.0 Å². The molecule has 13 heteroatoms. The number of hydrogen-bond donors (Lipinski definition) is 1. The Morgan fingerprint density at radius 1 is 0.833 bits per heavy atom. The first-order valence-corrected chi connectivity index (χ1v) is 15.1. The van der Waals surface area contributed by atoms with Crippen molar-refractivity contribution >= 4 is 27.5 Å². The summed E-state index contributed by atoms with van der Waals surface area (Å²) in [6.07, 6.45) is 0.189. The third-order valence-corrected chi connectivity index (χ3v) is 8.76. The quantitative estimate of drug-likeness (QED) is 0.111. The lowest BCUT2D eigenvalue weighted by molar-refractivity contribution is -0.384. The molecule has 5 rings (SSSR count). The smallest absolute Gasteiger partial charge is 0.269 e. The number of nitro groups is 1. The summed E-state index contributed by atoms with van der Waals surface area (Å²) in [5.74, 6) is -0.302. The fraction of sp³-hybridized carbons (Fsp3) is 0.103. The zero-order valence-corrected chi connectivity index (χ0v) is 23.4. The van der Waals surface area contributed by atoms with Gasteiger partial charge in [-0.15, -0.1) is 10.2 Å². The van der Waals surface area contributed by atoms with Gasteiger partial charge in [0.15, 0.2) is 11.0 Å². The van der Waals surface area contributed by atoms with E-state index < -0.39 is 26.8 Å². The van der Waals surface area contributed by atoms with Crippen LogP contribution in [0.4, 0.5) is 14.5 Å². The molecule has 1 heterocycles. The summed E-state index contributed by atoms with van der Waals surface area (Å²) in [5.41, 5.74) is 1.98. The summed E-state index contributed by atoms with van der Waals surface area (Å²) in [6, 6.07) is 24.4. The van der Waals surface area contributed by atoms with E-state index in [0.717, 1.165) is 23.3 Å². The molecule has 1 N–H and O–H groups in total. The highest BCUT2D eigenvalue weighted by molar-refractivity contribution is 7.98. The Morgan fingerprint density at radius 2 is 1.45 bits per heavy atom. The number of halogens is 2. The van der Waals surface area contributed by atoms with Crippen LogP contribution < -0.4 is 4.72 Å². The van der Waals surface area contributed by atoms with E-state index in [1.54, 1.807) is 16.7 Å². The average Bonchev–Trinajstić information content (AvgIpc) is 3.41. The van der Waals surface area contributed by atoms with Crippen LogP contribution in [0.25, 0.3) is 5.69 Å². The van der Waals surface area contributed by atoms with Crippen molar-refractivity contribution < 1.29 is 22.1 Å². The van der Waals surface area contributed by atoms with Gasteiger partial charge in [0.05, 0.1) is 15.9 Å². The van der Waals surface area contributed by atoms with Crippen LogP contribution in [-0.2, 0) is 22.2 Å². The Kier molecular flexibility index (Phi) is 8.71. The van der Waals surface area contributed by atoms with Gasteiger partial charge in [0.25, 0.3) is 5.69 Å². The van der Waals surface area contributed by atoms with E-state index in [0.29, 0.717) is 16.6 Å². The molecule has 0 aliphatic carbocycles. The molecule has 0 bridgehead atoms. The Morgan fingerprint density at radius 3 is 2.07 bits per heavy atom. The number of rotatable bonds is 11. The van der Waals surface area contributed by atoms with Crippen LogP contribution in [0.3, 0.4) is 0 Å². The molecule has 1 unspecified atom stereocenters. The maximum atomic E-state index is 13.5. The number of thioether (sulfide) groups is 1. The Hall–Kier alpha value is -4.46. The van der Waals surface area contributed by atoms with Crippen molar-refractivity contribution in [3.8, 4) is 5.69 Å². The van der Waals surface area contributed by atoms with Gasteiger partial charge in [0, 0.05) is 23.6 Å². The molecule has 0 radical (unpaired) electrons. The number of nitrogens with one attached hydrogen (secondary N) is 1. The van der Waals surface area contributed by atoms with Gasteiger partial charge in [-0.05, 0) is 66.1 Å². The fourth-order valence-electron chi connectivity index (χ4n) is 4.20. The molecule has 1 atom stereocenters. The van der Waals surface area contributed by atoms with Crippen molar-refractivity contribution in [2.75, 3.05) is 0 Å². The molecular weight excluding hydrogens is 584 g/mol. The lowest BCUT2D eigenvalue weighted by atomic mass is 10.1. The Bertz CT molecular complexity index is 1780. The van der Waals surface area contributed by atoms with Gasteiger partial charge in [-0.25, -0.2) is 21.9 Å². The topological polar surface area (TPSA) is 120 Å². The molecule has 0 amide bonds. The summed E-state index contributed by atoms with van der Waals surface area (Å²) in [7, 11) is -4.14. The zero-order valence-electron chi connectivity index (χ0n) is 21.8. The van der Waals surface area contributed by atoms with Gasteiger partial charge in [-0.1, -0.05) is 54.2 Å². The van der Waals surface area contributed by atoms with Crippen LogP contribution in [0.5, 0.6) is 0 Å². The molecule has 5 aromatic rings. The first kappa shape index (κ1) is 29.0. The van der Waals surface area contributed by atoms with Crippen molar-refractivity contribution in [2.45, 2.75) is 28.3 Å². The molecule has 0 spiro atoms. The number of aromatic nitrogens is 3. The predicted octanol–water partition coefficient (Wildman–Crippen LogP) is 6.01. The molecule has 0 saturated carbocycles. The number of nitrogens with zero attached hydrogens (tertiary/aromatic N) is 4. The van der Waals surface area contributed by atoms with Gasteiger partial charge >= 0.3 is 0 Å². The van der Waals surface area contributed by atoms with E-state index in [9.17, 15) is 27.3 Å². The third-order valence-electron chi connectivity index (χ3n) is 6.27. The van der Waals surface area contributed by atoms with Gasteiger partial charge in [-0.3, -0.25) is 14.7 Å². The Balaban J connectivity index is 1.58. The first-order chi connectivity index (χ1) is 20.2. The maximum absolute atomic E-state index is 13.5. The molecule has 0 aliphatic rings. The molecule has 0 aliphatic heterocycles. The molecular formula is C29H23F2N5O4S2. The van der Waals surface area contributed by atoms with E-state index in [1.807, 2.05) is 30.3 Å². The van der Waals surface area contributed by atoms with Crippen molar-refractivity contribution in [1.82, 2.24) is 19.5 Å². The van der Waals surface area contributed by atoms with E-state index in [2.05, 4.69) is 14.9 Å². The van der Waals surface area contributed by atoms with Crippen LogP contribution in [-0.4, -0.2) is 28.1 Å². The lowest BCUT2D eigenvalue weighted by Crippen LogP contribution is -2.32. The molecule has 4 aromatic carbocycles. The lowest BCUT2D eigenvalue weighted by Gasteiger charge is -2.20. The predicted molar refractivity (Wildman–Crippen MR) is 154 cm³/mol. The largest absolute Gasteiger partial charge is 0.273 e. The van der Waals surface area contributed by atoms with Gasteiger partial charge in [0.1, 0.15) is 11.6 Å². The summed E-state index contributed by atoms with van der Waals surface area (Å²) in [6.45, 7) is 0. The number of non-ortho nitro benzene ring substituents is 1. The van der Waals surface area contributed by atoms with Crippen LogP contribution in [0.1, 0.15) is 23.0 Å². The number of benzene rings is 4. The minimum absolute atomic E-state index is 0.119. The summed E-state index contributed by atoms with van der Waals surface area (Å²) in [5, 5.41) is 20.4. The monoisotopic (exact) mass is 607 g/mol. The average molecular weight is 608 g/mol. The molecule has 0 saturated heterocycles. The van der Waals surface area contributed by atoms with E-state index in [4.69, 9.17) is 0 Å². The maximum Gasteiger partial charge on any atom is 0.269 e. The minimum Gasteiger partial charge on any atom is -0.273 e. The highest BCUT2D eigenvalue weighted by atomic mass is 32.2. The fourth-order valence-corrected chi connectivity index (χ4v) is 6.31. The van der Waals surface area contributed by atoms with Crippen LogP contribution >= 0.6 is 11.8 Å². The second kappa shape index (κ2) is 12.6. The van der Waals surface area contributed by atoms with Gasteiger partial charge in [-0.2, -0.15) is 0 Å². The minimum atomic E-state index is -4.14. The second-order valence-electron chi connectivity index (χ2n) is 9.18. The van der Waals surface area contributed by atoms with Crippen LogP contribution in [0, 0.1) is 21.7 Å². The van der Waals surface area contributed by atoms with Crippen molar-refractivity contribution in [3.05, 3.63) is 142 Å². The normalized spacial score (nSPS) is 12.2. The first-order valence-electron chi connectivity index (χ1n) is 12.6. The van der Waals surface area contributed by atoms with Crippen LogP contribution in [0.2, 0.25) is 0 Å². The van der Waals surface area contributed by atoms with Gasteiger partial charge < -0.3 is 0 Å². The molecule has 0 fully saturated rings. The standard InChI is InChI=1S/C29H23F2N5O4S2/c30-22-8-6-21(7-9-22)19-41-29-33-32-28(35(29)24-12-14-25(15-13-24)36(37)38)27(18-20-4-2-1-3-5-20)34-42(39,40)26-16-10-23(31)11-17-26/h1-17,27,34H,18-19H2. The van der Waals surface area contributed by atoms with E-state index in [1.165, 1.54) is 60.3 Å².